The van der Waals surface area contributed by atoms with Crippen molar-refractivity contribution in [3.8, 4) is 0 Å². The molecule has 0 aliphatic carbocycles. The van der Waals surface area contributed by atoms with E-state index in [1.54, 1.807) is 0 Å². The zero-order valence-electron chi connectivity index (χ0n) is 10.6. The second kappa shape index (κ2) is 5.54. The third kappa shape index (κ3) is 3.73. The largest absolute Gasteiger partial charge is 0.469 e. The van der Waals surface area contributed by atoms with Crippen LogP contribution in [0.1, 0.15) is 19.4 Å². The summed E-state index contributed by atoms with van der Waals surface area (Å²) < 4.78 is 5.81. The maximum absolute atomic E-state index is 11.5. The van der Waals surface area contributed by atoms with Crippen molar-refractivity contribution in [1.82, 2.24) is 0 Å². The Hall–Kier alpha value is -1.03. The normalized spacial score (nSPS) is 11.1. The molecule has 0 spiro atoms. The number of rotatable bonds is 4. The molecule has 0 radical (unpaired) electrons. The summed E-state index contributed by atoms with van der Waals surface area (Å²) in [7, 11) is 1.41. The number of hydrogen-bond acceptors (Lipinski definition) is 3. The van der Waals surface area contributed by atoms with Gasteiger partial charge in [-0.15, -0.1) is 0 Å². The molecule has 1 N–H and O–H groups in total. The maximum atomic E-state index is 11.5. The third-order valence-corrected chi connectivity index (χ3v) is 3.50. The summed E-state index contributed by atoms with van der Waals surface area (Å²) in [6.45, 7) is 6.28. The van der Waals surface area contributed by atoms with Gasteiger partial charge in [0.05, 0.1) is 12.5 Å². The van der Waals surface area contributed by atoms with Gasteiger partial charge in [-0.05, 0) is 38.5 Å². The van der Waals surface area contributed by atoms with Crippen molar-refractivity contribution >= 4 is 27.6 Å². The molecule has 0 heterocycles. The van der Waals surface area contributed by atoms with Crippen molar-refractivity contribution < 1.29 is 9.53 Å². The van der Waals surface area contributed by atoms with Crippen LogP contribution in [-0.2, 0) is 9.53 Å². The highest BCUT2D eigenvalue weighted by Gasteiger charge is 2.28. The number of aryl methyl sites for hydroxylation is 1. The summed E-state index contributed by atoms with van der Waals surface area (Å²) in [5, 5.41) is 3.24. The molecule has 3 nitrogen and oxygen atoms in total. The first kappa shape index (κ1) is 14.0. The van der Waals surface area contributed by atoms with Gasteiger partial charge in [0.1, 0.15) is 0 Å². The van der Waals surface area contributed by atoms with Crippen LogP contribution >= 0.6 is 15.9 Å². The summed E-state index contributed by atoms with van der Waals surface area (Å²) in [5.41, 5.74) is 1.63. The van der Waals surface area contributed by atoms with E-state index in [2.05, 4.69) is 21.2 Å². The summed E-state index contributed by atoms with van der Waals surface area (Å²) in [4.78, 5) is 11.5. The van der Waals surface area contributed by atoms with Crippen LogP contribution in [0.25, 0.3) is 0 Å². The number of benzene rings is 1. The van der Waals surface area contributed by atoms with E-state index in [1.165, 1.54) is 12.7 Å². The van der Waals surface area contributed by atoms with Crippen LogP contribution in [0.3, 0.4) is 0 Å². The number of carbonyl (C=O) groups excluding carboxylic acids is 1. The van der Waals surface area contributed by atoms with E-state index in [-0.39, 0.29) is 5.97 Å². The van der Waals surface area contributed by atoms with Crippen molar-refractivity contribution in [2.45, 2.75) is 20.8 Å². The Morgan fingerprint density at radius 1 is 1.47 bits per heavy atom. The predicted molar refractivity (Wildman–Crippen MR) is 73.2 cm³/mol. The van der Waals surface area contributed by atoms with Crippen LogP contribution in [0.5, 0.6) is 0 Å². The quantitative estimate of drug-likeness (QED) is 0.866. The second-order valence-electron chi connectivity index (χ2n) is 4.69. The van der Waals surface area contributed by atoms with Crippen LogP contribution in [-0.4, -0.2) is 19.6 Å². The van der Waals surface area contributed by atoms with E-state index < -0.39 is 5.41 Å². The maximum Gasteiger partial charge on any atom is 0.313 e. The fourth-order valence-corrected chi connectivity index (χ4v) is 1.75. The summed E-state index contributed by atoms with van der Waals surface area (Å²) in [6, 6.07) is 6.02. The van der Waals surface area contributed by atoms with E-state index in [0.29, 0.717) is 6.54 Å². The molecule has 17 heavy (non-hydrogen) atoms. The summed E-state index contributed by atoms with van der Waals surface area (Å²) in [5.74, 6) is -0.212. The first-order valence-electron chi connectivity index (χ1n) is 5.45. The Morgan fingerprint density at radius 2 is 2.12 bits per heavy atom. The lowest BCUT2D eigenvalue weighted by atomic mass is 9.93. The molecule has 0 amide bonds. The average molecular weight is 300 g/mol. The lowest BCUT2D eigenvalue weighted by molar-refractivity contribution is -0.149. The average Bonchev–Trinajstić information content (AvgIpc) is 2.29. The van der Waals surface area contributed by atoms with Gasteiger partial charge in [0.2, 0.25) is 0 Å². The smallest absolute Gasteiger partial charge is 0.313 e. The molecule has 0 fully saturated rings. The minimum absolute atomic E-state index is 0.212. The molecule has 0 aliphatic rings. The van der Waals surface area contributed by atoms with E-state index >= 15 is 0 Å². The molecule has 0 saturated carbocycles. The number of anilines is 1. The highest BCUT2D eigenvalue weighted by molar-refractivity contribution is 9.10. The van der Waals surface area contributed by atoms with Crippen LogP contribution < -0.4 is 5.32 Å². The van der Waals surface area contributed by atoms with Crippen molar-refractivity contribution in [2.24, 2.45) is 5.41 Å². The van der Waals surface area contributed by atoms with Crippen LogP contribution in [0.4, 0.5) is 5.69 Å². The lowest BCUT2D eigenvalue weighted by Crippen LogP contribution is -2.33. The van der Waals surface area contributed by atoms with E-state index in [4.69, 9.17) is 4.74 Å². The van der Waals surface area contributed by atoms with Crippen molar-refractivity contribution in [2.75, 3.05) is 19.0 Å². The number of halogens is 1. The molecular weight excluding hydrogens is 282 g/mol. The van der Waals surface area contributed by atoms with E-state index in [9.17, 15) is 4.79 Å². The summed E-state index contributed by atoms with van der Waals surface area (Å²) >= 11 is 3.48. The second-order valence-corrected chi connectivity index (χ2v) is 5.55. The number of ether oxygens (including phenoxy) is 1. The third-order valence-electron chi connectivity index (χ3n) is 2.64. The van der Waals surface area contributed by atoms with Crippen LogP contribution in [0.15, 0.2) is 22.7 Å². The number of esters is 1. The number of carbonyl (C=O) groups is 1. The topological polar surface area (TPSA) is 38.3 Å². The summed E-state index contributed by atoms with van der Waals surface area (Å²) in [6.07, 6.45) is 0. The van der Waals surface area contributed by atoms with Gasteiger partial charge in [-0.1, -0.05) is 22.0 Å². The van der Waals surface area contributed by atoms with Crippen molar-refractivity contribution in [1.29, 1.82) is 0 Å². The van der Waals surface area contributed by atoms with E-state index in [0.717, 1.165) is 10.2 Å². The SMILES string of the molecule is COC(=O)C(C)(C)CNc1ccc(C)c(Br)c1. The van der Waals surface area contributed by atoms with Gasteiger partial charge in [-0.2, -0.15) is 0 Å². The standard InChI is InChI=1S/C13H18BrNO2/c1-9-5-6-10(7-11(9)14)15-8-13(2,3)12(16)17-4/h5-7,15H,8H2,1-4H3. The first-order valence-corrected chi connectivity index (χ1v) is 6.24. The molecule has 1 aromatic carbocycles. The van der Waals surface area contributed by atoms with Gasteiger partial charge in [0, 0.05) is 16.7 Å². The minimum Gasteiger partial charge on any atom is -0.469 e. The predicted octanol–water partition coefficient (Wildman–Crippen LogP) is 3.37. The first-order chi connectivity index (χ1) is 7.86. The molecule has 0 unspecified atom stereocenters. The highest BCUT2D eigenvalue weighted by atomic mass is 79.9. The van der Waals surface area contributed by atoms with Crippen LogP contribution in [0, 0.1) is 12.3 Å². The fourth-order valence-electron chi connectivity index (χ4n) is 1.37. The lowest BCUT2D eigenvalue weighted by Gasteiger charge is -2.22. The molecule has 1 aromatic rings. The van der Waals surface area contributed by atoms with Gasteiger partial charge in [0.25, 0.3) is 0 Å². The molecule has 4 heteroatoms. The Labute approximate surface area is 111 Å². The molecule has 0 atom stereocenters. The number of hydrogen-bond donors (Lipinski definition) is 1. The molecule has 0 aromatic heterocycles. The van der Waals surface area contributed by atoms with Gasteiger partial charge >= 0.3 is 5.97 Å². The van der Waals surface area contributed by atoms with Gasteiger partial charge in [0.15, 0.2) is 0 Å². The van der Waals surface area contributed by atoms with E-state index in [1.807, 2.05) is 39.0 Å². The Bertz CT molecular complexity index is 416. The van der Waals surface area contributed by atoms with Gasteiger partial charge in [-0.25, -0.2) is 0 Å². The highest BCUT2D eigenvalue weighted by Crippen LogP contribution is 2.23. The zero-order chi connectivity index (χ0) is 13.1. The Balaban J connectivity index is 2.67. The molecular formula is C13H18BrNO2. The Kier molecular flexibility index (Phi) is 4.57. The molecule has 94 valence electrons. The number of nitrogens with one attached hydrogen (secondary N) is 1. The minimum atomic E-state index is -0.536. The Morgan fingerprint density at radius 3 is 2.65 bits per heavy atom. The van der Waals surface area contributed by atoms with Gasteiger partial charge in [-0.3, -0.25) is 4.79 Å². The number of methoxy groups -OCH3 is 1. The zero-order valence-corrected chi connectivity index (χ0v) is 12.2. The molecule has 0 saturated heterocycles. The van der Waals surface area contributed by atoms with Crippen molar-refractivity contribution in [3.05, 3.63) is 28.2 Å². The fraction of sp³-hybridized carbons (Fsp3) is 0.462. The van der Waals surface area contributed by atoms with Gasteiger partial charge < -0.3 is 10.1 Å². The molecule has 0 aliphatic heterocycles. The van der Waals surface area contributed by atoms with Crippen molar-refractivity contribution in [3.63, 3.8) is 0 Å². The molecule has 0 bridgehead atoms. The monoisotopic (exact) mass is 299 g/mol. The molecule has 1 rings (SSSR count). The van der Waals surface area contributed by atoms with Crippen LogP contribution in [0.2, 0.25) is 0 Å².